The van der Waals surface area contributed by atoms with Crippen LogP contribution in [0.4, 0.5) is 18.0 Å². The van der Waals surface area contributed by atoms with Gasteiger partial charge in [-0.1, -0.05) is 48.0 Å². The Hall–Kier alpha value is -3.07. The van der Waals surface area contributed by atoms with Gasteiger partial charge in [0.2, 0.25) is 0 Å². The highest BCUT2D eigenvalue weighted by Gasteiger charge is 2.68. The average molecular weight is 412 g/mol. The molecular weight excluding hydrogens is 399 g/mol. The molecule has 0 aromatic heterocycles. The number of hydrogen-bond donors (Lipinski definition) is 2. The Kier molecular flexibility index (Phi) is 5.03. The zero-order valence-corrected chi connectivity index (χ0v) is 14.8. The highest BCUT2D eigenvalue weighted by molar-refractivity contribution is 6.31. The van der Waals surface area contributed by atoms with Gasteiger partial charge in [0.05, 0.1) is 6.54 Å². The maximum Gasteiger partial charge on any atom is 0.440 e. The van der Waals surface area contributed by atoms with Crippen molar-refractivity contribution in [2.24, 2.45) is 0 Å². The van der Waals surface area contributed by atoms with Crippen molar-refractivity contribution in [1.29, 1.82) is 0 Å². The van der Waals surface area contributed by atoms with Crippen LogP contribution in [-0.2, 0) is 11.3 Å². The Labute approximate surface area is 162 Å². The van der Waals surface area contributed by atoms with Crippen molar-refractivity contribution >= 4 is 29.4 Å². The molecule has 2 aromatic rings. The molecule has 2 N–H and O–H groups in total. The number of rotatable bonds is 4. The van der Waals surface area contributed by atoms with Crippen LogP contribution in [0.25, 0.3) is 0 Å². The molecular formula is C18H13ClF3N3O3. The Balaban J connectivity index is 1.93. The van der Waals surface area contributed by atoms with Crippen molar-refractivity contribution in [2.45, 2.75) is 18.4 Å². The summed E-state index contributed by atoms with van der Waals surface area (Å²) in [4.78, 5) is 37.4. The first-order valence-electron chi connectivity index (χ1n) is 7.97. The first-order valence-corrected chi connectivity index (χ1v) is 8.35. The lowest BCUT2D eigenvalue weighted by molar-refractivity contribution is -0.200. The van der Waals surface area contributed by atoms with E-state index in [-0.39, 0.29) is 16.1 Å². The van der Waals surface area contributed by atoms with Crippen molar-refractivity contribution in [2.75, 3.05) is 0 Å². The number of carbonyl (C=O) groups is 3. The molecule has 146 valence electrons. The van der Waals surface area contributed by atoms with Gasteiger partial charge in [0, 0.05) is 10.6 Å². The normalized spacial score (nSPS) is 19.5. The van der Waals surface area contributed by atoms with Crippen molar-refractivity contribution in [3.05, 3.63) is 70.7 Å². The van der Waals surface area contributed by atoms with Crippen LogP contribution in [0.15, 0.2) is 54.6 Å². The van der Waals surface area contributed by atoms with E-state index in [0.29, 0.717) is 4.90 Å². The molecule has 1 heterocycles. The van der Waals surface area contributed by atoms with Crippen molar-refractivity contribution in [3.8, 4) is 0 Å². The van der Waals surface area contributed by atoms with Gasteiger partial charge in [0.15, 0.2) is 0 Å². The number of halogens is 4. The van der Waals surface area contributed by atoms with Crippen LogP contribution >= 0.6 is 11.6 Å². The molecule has 4 amide bonds. The van der Waals surface area contributed by atoms with E-state index in [0.717, 1.165) is 0 Å². The Morgan fingerprint density at radius 1 is 1.07 bits per heavy atom. The van der Waals surface area contributed by atoms with Gasteiger partial charge in [-0.3, -0.25) is 19.8 Å². The van der Waals surface area contributed by atoms with E-state index in [2.05, 4.69) is 0 Å². The molecule has 10 heteroatoms. The quantitative estimate of drug-likeness (QED) is 0.759. The van der Waals surface area contributed by atoms with E-state index in [4.69, 9.17) is 11.6 Å². The van der Waals surface area contributed by atoms with Gasteiger partial charge in [-0.15, -0.1) is 0 Å². The fourth-order valence-electron chi connectivity index (χ4n) is 2.70. The third kappa shape index (κ3) is 3.40. The van der Waals surface area contributed by atoms with Gasteiger partial charge in [-0.25, -0.2) is 4.79 Å². The summed E-state index contributed by atoms with van der Waals surface area (Å²) in [6.45, 7) is -0.483. The summed E-state index contributed by atoms with van der Waals surface area (Å²) in [5, 5.41) is 3.41. The number of urea groups is 1. The minimum absolute atomic E-state index is 0.0993. The predicted molar refractivity (Wildman–Crippen MR) is 93.2 cm³/mol. The van der Waals surface area contributed by atoms with Crippen molar-refractivity contribution < 1.29 is 27.6 Å². The monoisotopic (exact) mass is 411 g/mol. The average Bonchev–Trinajstić information content (AvgIpc) is 2.89. The molecule has 0 bridgehead atoms. The van der Waals surface area contributed by atoms with Crippen LogP contribution in [0.5, 0.6) is 0 Å². The largest absolute Gasteiger partial charge is 0.440 e. The highest BCUT2D eigenvalue weighted by Crippen LogP contribution is 2.35. The van der Waals surface area contributed by atoms with Crippen LogP contribution < -0.4 is 10.6 Å². The number of hydrogen-bond acceptors (Lipinski definition) is 3. The summed E-state index contributed by atoms with van der Waals surface area (Å²) in [5.74, 6) is -2.81. The predicted octanol–water partition coefficient (Wildman–Crippen LogP) is 3.08. The van der Waals surface area contributed by atoms with Gasteiger partial charge in [-0.2, -0.15) is 13.2 Å². The van der Waals surface area contributed by atoms with Crippen molar-refractivity contribution in [1.82, 2.24) is 15.5 Å². The summed E-state index contributed by atoms with van der Waals surface area (Å²) in [6.07, 6.45) is -5.28. The summed E-state index contributed by atoms with van der Waals surface area (Å²) in [5.41, 5.74) is -3.39. The van der Waals surface area contributed by atoms with Crippen LogP contribution in [-0.4, -0.2) is 34.6 Å². The van der Waals surface area contributed by atoms with E-state index in [1.165, 1.54) is 36.4 Å². The lowest BCUT2D eigenvalue weighted by atomic mass is 10.1. The molecule has 1 fully saturated rings. The third-order valence-corrected chi connectivity index (χ3v) is 4.52. The van der Waals surface area contributed by atoms with Gasteiger partial charge in [-0.05, 0) is 23.8 Å². The lowest BCUT2D eigenvalue weighted by Gasteiger charge is -2.29. The molecule has 0 radical (unpaired) electrons. The molecule has 0 aliphatic carbocycles. The summed E-state index contributed by atoms with van der Waals surface area (Å²) >= 11 is 5.96. The fourth-order valence-corrected chi connectivity index (χ4v) is 2.89. The number of amides is 4. The molecule has 6 nitrogen and oxygen atoms in total. The number of imide groups is 1. The van der Waals surface area contributed by atoms with Crippen LogP contribution in [0.1, 0.15) is 15.9 Å². The molecule has 28 heavy (non-hydrogen) atoms. The lowest BCUT2D eigenvalue weighted by Crippen LogP contribution is -2.69. The second-order valence-corrected chi connectivity index (χ2v) is 6.39. The van der Waals surface area contributed by atoms with E-state index in [9.17, 15) is 27.6 Å². The van der Waals surface area contributed by atoms with E-state index in [1.54, 1.807) is 28.8 Å². The van der Waals surface area contributed by atoms with Gasteiger partial charge < -0.3 is 5.32 Å². The van der Waals surface area contributed by atoms with E-state index >= 15 is 0 Å². The second kappa shape index (κ2) is 7.16. The SMILES string of the molecule is O=C(N[C@@]1(C(F)(F)F)NC(=O)N(Cc2ccccc2Cl)C1=O)c1ccccc1. The Morgan fingerprint density at radius 3 is 2.29 bits per heavy atom. The van der Waals surface area contributed by atoms with E-state index < -0.39 is 36.2 Å². The summed E-state index contributed by atoms with van der Waals surface area (Å²) in [7, 11) is 0. The maximum atomic E-state index is 13.8. The molecule has 3 rings (SSSR count). The standard InChI is InChI=1S/C18H13ClF3N3O3/c19-13-9-5-4-8-12(13)10-25-15(27)17(18(20,21)22,24-16(25)28)23-14(26)11-6-2-1-3-7-11/h1-9H,10H2,(H,23,26)(H,24,28)/t17-/m1/s1. The fraction of sp³-hybridized carbons (Fsp3) is 0.167. The van der Waals surface area contributed by atoms with Crippen molar-refractivity contribution in [3.63, 3.8) is 0 Å². The van der Waals surface area contributed by atoms with Crippen LogP contribution in [0.3, 0.4) is 0 Å². The van der Waals surface area contributed by atoms with Crippen LogP contribution in [0.2, 0.25) is 5.02 Å². The number of nitrogens with one attached hydrogen (secondary N) is 2. The zero-order chi connectivity index (χ0) is 20.5. The highest BCUT2D eigenvalue weighted by atomic mass is 35.5. The zero-order valence-electron chi connectivity index (χ0n) is 14.1. The van der Waals surface area contributed by atoms with Crippen LogP contribution in [0, 0.1) is 0 Å². The minimum atomic E-state index is -5.28. The summed E-state index contributed by atoms with van der Waals surface area (Å²) in [6, 6.07) is 11.8. The third-order valence-electron chi connectivity index (χ3n) is 4.15. The topological polar surface area (TPSA) is 78.5 Å². The first kappa shape index (κ1) is 19.7. The molecule has 0 saturated carbocycles. The Morgan fingerprint density at radius 2 is 1.68 bits per heavy atom. The molecule has 1 saturated heterocycles. The van der Waals surface area contributed by atoms with Gasteiger partial charge in [0.1, 0.15) is 0 Å². The van der Waals surface area contributed by atoms with Gasteiger partial charge >= 0.3 is 12.2 Å². The number of nitrogens with zero attached hydrogens (tertiary/aromatic N) is 1. The molecule has 1 atom stereocenters. The molecule has 0 spiro atoms. The molecule has 1 aliphatic rings. The minimum Gasteiger partial charge on any atom is -0.314 e. The summed E-state index contributed by atoms with van der Waals surface area (Å²) < 4.78 is 41.4. The second-order valence-electron chi connectivity index (χ2n) is 5.98. The van der Waals surface area contributed by atoms with Gasteiger partial charge in [0.25, 0.3) is 17.5 Å². The number of carbonyl (C=O) groups excluding carboxylic acids is 3. The molecule has 1 aliphatic heterocycles. The first-order chi connectivity index (χ1) is 13.2. The molecule has 0 unspecified atom stereocenters. The maximum absolute atomic E-state index is 13.8. The smallest absolute Gasteiger partial charge is 0.314 e. The molecule has 2 aromatic carbocycles. The Bertz CT molecular complexity index is 936. The number of benzene rings is 2. The number of alkyl halides is 3. The van der Waals surface area contributed by atoms with E-state index in [1.807, 2.05) is 0 Å².